The van der Waals surface area contributed by atoms with Crippen LogP contribution in [0, 0.1) is 5.92 Å². The second kappa shape index (κ2) is 6.65. The molecule has 0 aliphatic carbocycles. The van der Waals surface area contributed by atoms with E-state index in [1.165, 1.54) is 7.11 Å². The van der Waals surface area contributed by atoms with Gasteiger partial charge in [0.25, 0.3) is 0 Å². The van der Waals surface area contributed by atoms with E-state index in [0.717, 1.165) is 0 Å². The first-order valence-electron chi connectivity index (χ1n) is 5.47. The molecule has 0 amide bonds. The van der Waals surface area contributed by atoms with E-state index >= 15 is 0 Å². The Labute approximate surface area is 117 Å². The number of nitrogens with zero attached hydrogens (tertiary/aromatic N) is 4. The fraction of sp³-hybridized carbons (Fsp3) is 0.600. The van der Waals surface area contributed by atoms with Crippen LogP contribution < -0.4 is 15.4 Å². The molecule has 0 saturated heterocycles. The van der Waals surface area contributed by atoms with E-state index in [0.29, 0.717) is 24.0 Å². The van der Waals surface area contributed by atoms with Gasteiger partial charge in [-0.05, 0) is 18.5 Å². The summed E-state index contributed by atoms with van der Waals surface area (Å²) in [7, 11) is 1.48. The molecule has 0 spiro atoms. The molecular weight excluding hydrogens is 274 g/mol. The second-order valence-electron chi connectivity index (χ2n) is 3.73. The molecule has 1 unspecified atom stereocenters. The predicted octanol–water partition coefficient (Wildman–Crippen LogP) is 1.28. The molecule has 8 heteroatoms. The topological polar surface area (TPSA) is 77.2 Å². The van der Waals surface area contributed by atoms with Gasteiger partial charge in [0.1, 0.15) is 0 Å². The average molecular weight is 290 g/mol. The molecule has 18 heavy (non-hydrogen) atoms. The van der Waals surface area contributed by atoms with Crippen molar-refractivity contribution in [2.45, 2.75) is 13.8 Å². The highest BCUT2D eigenvalue weighted by molar-refractivity contribution is 7.80. The number of aromatic nitrogens is 3. The van der Waals surface area contributed by atoms with Crippen LogP contribution in [0.3, 0.4) is 0 Å². The molecule has 1 rings (SSSR count). The molecule has 1 heterocycles. The summed E-state index contributed by atoms with van der Waals surface area (Å²) in [6.45, 7) is 5.26. The van der Waals surface area contributed by atoms with E-state index in [2.05, 4.69) is 15.0 Å². The number of hydrogen-bond acceptors (Lipinski definition) is 6. The lowest BCUT2D eigenvalue weighted by Crippen LogP contribution is -2.35. The molecule has 0 bridgehead atoms. The van der Waals surface area contributed by atoms with Gasteiger partial charge < -0.3 is 15.4 Å². The van der Waals surface area contributed by atoms with Crippen molar-refractivity contribution in [2.24, 2.45) is 11.7 Å². The monoisotopic (exact) mass is 289 g/mol. The maximum atomic E-state index is 5.81. The zero-order valence-electron chi connectivity index (χ0n) is 10.6. The molecule has 6 nitrogen and oxygen atoms in total. The van der Waals surface area contributed by atoms with Crippen LogP contribution in [-0.2, 0) is 0 Å². The maximum absolute atomic E-state index is 5.81. The molecule has 0 aliphatic rings. The summed E-state index contributed by atoms with van der Waals surface area (Å²) in [5, 5.41) is 0.0956. The summed E-state index contributed by atoms with van der Waals surface area (Å²) < 4.78 is 4.96. The molecule has 0 aliphatic heterocycles. The van der Waals surface area contributed by atoms with E-state index in [-0.39, 0.29) is 17.2 Å². The fourth-order valence-electron chi connectivity index (χ4n) is 1.33. The van der Waals surface area contributed by atoms with Gasteiger partial charge in [-0.25, -0.2) is 0 Å². The summed E-state index contributed by atoms with van der Waals surface area (Å²) in [6, 6.07) is 0.187. The van der Waals surface area contributed by atoms with Gasteiger partial charge in [0.05, 0.1) is 12.1 Å². The van der Waals surface area contributed by atoms with Crippen LogP contribution >= 0.6 is 23.8 Å². The van der Waals surface area contributed by atoms with Gasteiger partial charge in [-0.2, -0.15) is 15.0 Å². The third-order valence-corrected chi connectivity index (χ3v) is 2.97. The van der Waals surface area contributed by atoms with Gasteiger partial charge in [-0.1, -0.05) is 19.1 Å². The molecule has 1 atom stereocenters. The number of ether oxygens (including phenoxy) is 1. The Bertz CT molecular complexity index is 431. The number of methoxy groups -OCH3 is 1. The molecule has 100 valence electrons. The van der Waals surface area contributed by atoms with Crippen LogP contribution in [0.25, 0.3) is 0 Å². The van der Waals surface area contributed by atoms with Crippen molar-refractivity contribution in [3.8, 4) is 6.01 Å². The van der Waals surface area contributed by atoms with E-state index in [1.807, 2.05) is 18.7 Å². The Kier molecular flexibility index (Phi) is 5.49. The first-order valence-corrected chi connectivity index (χ1v) is 6.26. The normalized spacial score (nSPS) is 12.0. The summed E-state index contributed by atoms with van der Waals surface area (Å²) in [4.78, 5) is 14.4. The molecule has 2 N–H and O–H groups in total. The van der Waals surface area contributed by atoms with E-state index < -0.39 is 0 Å². The SMILES string of the molecule is CCN(CC(C)C(N)=S)c1nc(Cl)nc(OC)n1. The highest BCUT2D eigenvalue weighted by Crippen LogP contribution is 2.16. The van der Waals surface area contributed by atoms with Crippen LogP contribution in [0.1, 0.15) is 13.8 Å². The smallest absolute Gasteiger partial charge is 0.322 e. The van der Waals surface area contributed by atoms with E-state index in [1.54, 1.807) is 0 Å². The summed E-state index contributed by atoms with van der Waals surface area (Å²) >= 11 is 10.8. The van der Waals surface area contributed by atoms with Gasteiger partial charge >= 0.3 is 6.01 Å². The molecule has 0 aromatic carbocycles. The number of anilines is 1. The van der Waals surface area contributed by atoms with Crippen LogP contribution in [0.5, 0.6) is 6.01 Å². The largest absolute Gasteiger partial charge is 0.467 e. The molecule has 0 radical (unpaired) electrons. The minimum atomic E-state index is 0.0569. The van der Waals surface area contributed by atoms with Gasteiger partial charge in [0.15, 0.2) is 0 Å². The van der Waals surface area contributed by atoms with Crippen molar-refractivity contribution >= 4 is 34.8 Å². The first kappa shape index (κ1) is 14.8. The van der Waals surface area contributed by atoms with E-state index in [9.17, 15) is 0 Å². The van der Waals surface area contributed by atoms with E-state index in [4.69, 9.17) is 34.3 Å². The first-order chi connectivity index (χ1) is 8.47. The third kappa shape index (κ3) is 3.92. The zero-order chi connectivity index (χ0) is 13.7. The Hall–Kier alpha value is -1.21. The summed E-state index contributed by atoms with van der Waals surface area (Å²) in [5.41, 5.74) is 5.60. The highest BCUT2D eigenvalue weighted by Gasteiger charge is 2.16. The lowest BCUT2D eigenvalue weighted by Gasteiger charge is -2.23. The Morgan fingerprint density at radius 3 is 2.67 bits per heavy atom. The van der Waals surface area contributed by atoms with Crippen molar-refractivity contribution in [1.29, 1.82) is 0 Å². The van der Waals surface area contributed by atoms with Crippen molar-refractivity contribution < 1.29 is 4.74 Å². The quantitative estimate of drug-likeness (QED) is 0.791. The van der Waals surface area contributed by atoms with Crippen LogP contribution in [-0.4, -0.2) is 40.1 Å². The number of nitrogens with two attached hydrogens (primary N) is 1. The zero-order valence-corrected chi connectivity index (χ0v) is 12.1. The molecule has 1 aromatic rings. The van der Waals surface area contributed by atoms with Crippen molar-refractivity contribution in [2.75, 3.05) is 25.1 Å². The Balaban J connectivity index is 2.94. The van der Waals surface area contributed by atoms with Gasteiger partial charge in [-0.15, -0.1) is 0 Å². The number of halogens is 1. The standard InChI is InChI=1S/C10H16ClN5OS/c1-4-16(5-6(2)7(12)18)9-13-8(11)14-10(15-9)17-3/h6H,4-5H2,1-3H3,(H2,12,18). The maximum Gasteiger partial charge on any atom is 0.322 e. The predicted molar refractivity (Wildman–Crippen MR) is 75.2 cm³/mol. The average Bonchev–Trinajstić information content (AvgIpc) is 2.34. The Morgan fingerprint density at radius 1 is 1.50 bits per heavy atom. The van der Waals surface area contributed by atoms with Crippen LogP contribution in [0.2, 0.25) is 5.28 Å². The van der Waals surface area contributed by atoms with Crippen molar-refractivity contribution in [3.05, 3.63) is 5.28 Å². The minimum Gasteiger partial charge on any atom is -0.467 e. The number of rotatable bonds is 6. The fourth-order valence-corrected chi connectivity index (χ4v) is 1.55. The number of hydrogen-bond donors (Lipinski definition) is 1. The van der Waals surface area contributed by atoms with Crippen LogP contribution in [0.15, 0.2) is 0 Å². The molecular formula is C10H16ClN5OS. The van der Waals surface area contributed by atoms with Crippen molar-refractivity contribution in [3.63, 3.8) is 0 Å². The van der Waals surface area contributed by atoms with Gasteiger partial charge in [0, 0.05) is 19.0 Å². The van der Waals surface area contributed by atoms with Crippen molar-refractivity contribution in [1.82, 2.24) is 15.0 Å². The Morgan fingerprint density at radius 2 is 2.17 bits per heavy atom. The van der Waals surface area contributed by atoms with Crippen LogP contribution in [0.4, 0.5) is 5.95 Å². The lowest BCUT2D eigenvalue weighted by molar-refractivity contribution is 0.378. The summed E-state index contributed by atoms with van der Waals surface area (Å²) in [6.07, 6.45) is 0. The number of thiocarbonyl (C=S) groups is 1. The molecule has 1 aromatic heterocycles. The summed E-state index contributed by atoms with van der Waals surface area (Å²) in [5.74, 6) is 0.513. The van der Waals surface area contributed by atoms with Gasteiger partial charge in [-0.3, -0.25) is 0 Å². The molecule has 0 fully saturated rings. The van der Waals surface area contributed by atoms with Gasteiger partial charge in [0.2, 0.25) is 11.2 Å². The minimum absolute atomic E-state index is 0.0569. The third-order valence-electron chi connectivity index (χ3n) is 2.40. The molecule has 0 saturated carbocycles. The highest BCUT2D eigenvalue weighted by atomic mass is 35.5. The second-order valence-corrected chi connectivity index (χ2v) is 4.54. The lowest BCUT2D eigenvalue weighted by atomic mass is 10.2.